The quantitative estimate of drug-likeness (QED) is 0.426. The zero-order valence-corrected chi connectivity index (χ0v) is 21.8. The lowest BCUT2D eigenvalue weighted by Gasteiger charge is -2.30. The molecule has 0 radical (unpaired) electrons. The van der Waals surface area contributed by atoms with Gasteiger partial charge in [0, 0.05) is 32.5 Å². The summed E-state index contributed by atoms with van der Waals surface area (Å²) in [6, 6.07) is 3.76. The highest BCUT2D eigenvalue weighted by atomic mass is 32.2. The van der Waals surface area contributed by atoms with E-state index < -0.39 is 16.1 Å². The van der Waals surface area contributed by atoms with E-state index in [9.17, 15) is 18.0 Å². The van der Waals surface area contributed by atoms with Gasteiger partial charge in [0.1, 0.15) is 11.6 Å². The molecule has 3 heterocycles. The number of amides is 2. The van der Waals surface area contributed by atoms with Gasteiger partial charge in [-0.2, -0.15) is 5.10 Å². The first kappa shape index (κ1) is 26.1. The van der Waals surface area contributed by atoms with E-state index in [0.717, 1.165) is 25.2 Å². The van der Waals surface area contributed by atoms with Crippen LogP contribution in [0.3, 0.4) is 0 Å². The molecule has 3 aliphatic heterocycles. The lowest BCUT2D eigenvalue weighted by molar-refractivity contribution is -0.127. The van der Waals surface area contributed by atoms with Gasteiger partial charge < -0.3 is 15.0 Å². The molecule has 11 nitrogen and oxygen atoms in total. The summed E-state index contributed by atoms with van der Waals surface area (Å²) in [5.41, 5.74) is 0.379. The Morgan fingerprint density at radius 2 is 2.06 bits per heavy atom. The first-order valence-electron chi connectivity index (χ1n) is 12.5. The van der Waals surface area contributed by atoms with E-state index in [1.165, 1.54) is 12.1 Å². The Morgan fingerprint density at radius 3 is 2.75 bits per heavy atom. The van der Waals surface area contributed by atoms with Gasteiger partial charge >= 0.3 is 0 Å². The van der Waals surface area contributed by atoms with Crippen LogP contribution < -0.4 is 14.8 Å². The molecule has 196 valence electrons. The minimum Gasteiger partial charge on any atom is -0.493 e. The summed E-state index contributed by atoms with van der Waals surface area (Å²) >= 11 is 0. The van der Waals surface area contributed by atoms with Crippen molar-refractivity contribution in [3.8, 4) is 5.75 Å². The van der Waals surface area contributed by atoms with Crippen molar-refractivity contribution in [2.45, 2.75) is 69.9 Å². The molecule has 1 fully saturated rings. The third-order valence-electron chi connectivity index (χ3n) is 6.41. The normalized spacial score (nSPS) is 21.9. The lowest BCUT2D eigenvalue weighted by atomic mass is 10.1. The monoisotopic (exact) mass is 518 g/mol. The Bertz CT molecular complexity index is 1180. The van der Waals surface area contributed by atoms with Crippen LogP contribution in [-0.2, 0) is 19.6 Å². The topological polar surface area (TPSA) is 133 Å². The van der Waals surface area contributed by atoms with Crippen molar-refractivity contribution in [3.05, 3.63) is 23.8 Å². The maximum atomic E-state index is 13.0. The van der Waals surface area contributed by atoms with E-state index in [-0.39, 0.29) is 35.1 Å². The van der Waals surface area contributed by atoms with E-state index >= 15 is 0 Å². The van der Waals surface area contributed by atoms with Crippen molar-refractivity contribution in [2.75, 3.05) is 26.2 Å². The highest BCUT2D eigenvalue weighted by Crippen LogP contribution is 2.28. The van der Waals surface area contributed by atoms with Crippen molar-refractivity contribution in [1.29, 1.82) is 0 Å². The molecule has 0 spiro atoms. The Balaban J connectivity index is 1.56. The van der Waals surface area contributed by atoms with Crippen LogP contribution in [-0.4, -0.2) is 80.1 Å². The van der Waals surface area contributed by atoms with Gasteiger partial charge in [-0.15, -0.1) is 0 Å². The zero-order valence-electron chi connectivity index (χ0n) is 21.0. The molecule has 12 heteroatoms. The molecule has 4 rings (SSSR count). The Kier molecular flexibility index (Phi) is 7.94. The van der Waals surface area contributed by atoms with E-state index in [1.807, 2.05) is 20.8 Å². The fourth-order valence-corrected chi connectivity index (χ4v) is 5.77. The average molecular weight is 519 g/mol. The number of carbonyl (C=O) groups is 2. The van der Waals surface area contributed by atoms with E-state index in [4.69, 9.17) is 4.74 Å². The fraction of sp³-hybridized carbons (Fsp3) is 0.583. The summed E-state index contributed by atoms with van der Waals surface area (Å²) in [6.45, 7) is 7.55. The van der Waals surface area contributed by atoms with E-state index in [0.29, 0.717) is 43.7 Å². The van der Waals surface area contributed by atoms with E-state index in [1.54, 1.807) is 16.0 Å². The molecule has 1 saturated heterocycles. The summed E-state index contributed by atoms with van der Waals surface area (Å²) < 4.78 is 34.4. The van der Waals surface area contributed by atoms with Gasteiger partial charge in [0.2, 0.25) is 15.9 Å². The first-order valence-corrected chi connectivity index (χ1v) is 14.0. The molecule has 2 unspecified atom stereocenters. The summed E-state index contributed by atoms with van der Waals surface area (Å²) in [5.74, 6) is 1.26. The Hall–Kier alpha value is -2.99. The number of nitrogens with one attached hydrogen (secondary N) is 2. The number of hydrogen-bond acceptors (Lipinski definition) is 8. The molecular formula is C24H34N6O5S. The number of hydrazone groups is 1. The van der Waals surface area contributed by atoms with Gasteiger partial charge in [0.05, 0.1) is 23.1 Å². The van der Waals surface area contributed by atoms with Gasteiger partial charge in [-0.25, -0.2) is 18.1 Å². The molecular weight excluding hydrogens is 484 g/mol. The van der Waals surface area contributed by atoms with Gasteiger partial charge in [0.15, 0.2) is 11.9 Å². The zero-order chi connectivity index (χ0) is 25.9. The maximum Gasteiger partial charge on any atom is 0.252 e. The molecule has 2 N–H and O–H groups in total. The van der Waals surface area contributed by atoms with Crippen LogP contribution in [0.25, 0.3) is 0 Å². The van der Waals surface area contributed by atoms with Crippen molar-refractivity contribution in [1.82, 2.24) is 19.9 Å². The number of ether oxygens (including phenoxy) is 1. The first-order chi connectivity index (χ1) is 17.2. The summed E-state index contributed by atoms with van der Waals surface area (Å²) in [4.78, 5) is 31.1. The number of benzene rings is 1. The number of fused-ring (bicyclic) bond motifs is 1. The van der Waals surface area contributed by atoms with Crippen LogP contribution in [0.15, 0.2) is 33.2 Å². The standard InChI is InChI=1S/C24H34N6O5S/c1-4-8-20-26-16(3)22-24(32)27-23(28-30(20)22)18-15-17(10-11-19(18)35-5-2)36(33,34)25-12-7-14-29-13-6-9-21(29)31/h10-11,15-16,22,25H,4-9,12-14H2,1-3H3,(H,27,28,32). The van der Waals surface area contributed by atoms with Crippen LogP contribution in [0.4, 0.5) is 0 Å². The molecule has 0 aromatic heterocycles. The molecule has 0 bridgehead atoms. The number of rotatable bonds is 11. The Labute approximate surface area is 212 Å². The summed E-state index contributed by atoms with van der Waals surface area (Å²) in [6.07, 6.45) is 3.47. The van der Waals surface area contributed by atoms with Crippen LogP contribution >= 0.6 is 0 Å². The number of likely N-dealkylation sites (tertiary alicyclic amines) is 1. The highest BCUT2D eigenvalue weighted by molar-refractivity contribution is 7.89. The van der Waals surface area contributed by atoms with Crippen LogP contribution in [0.5, 0.6) is 5.75 Å². The van der Waals surface area contributed by atoms with Crippen LogP contribution in [0.1, 0.15) is 58.4 Å². The smallest absolute Gasteiger partial charge is 0.252 e. The second-order valence-corrected chi connectivity index (χ2v) is 10.9. The molecule has 36 heavy (non-hydrogen) atoms. The molecule has 2 amide bonds. The SMILES string of the molecule is CCCC1=NC(C)C2C(=O)NC(c3cc(S(=O)(=O)NCCCN4CCCC4=O)ccc3OCC)=NN12. The fourth-order valence-electron chi connectivity index (χ4n) is 4.67. The van der Waals surface area contributed by atoms with Crippen molar-refractivity contribution >= 4 is 33.5 Å². The number of carbonyl (C=O) groups excluding carboxylic acids is 2. The number of nitrogens with zero attached hydrogens (tertiary/aromatic N) is 4. The molecule has 1 aromatic rings. The largest absolute Gasteiger partial charge is 0.493 e. The average Bonchev–Trinajstić information content (AvgIpc) is 3.39. The number of aliphatic imine (C=N–C) groups is 1. The Morgan fingerprint density at radius 1 is 1.25 bits per heavy atom. The van der Waals surface area contributed by atoms with Crippen LogP contribution in [0, 0.1) is 0 Å². The van der Waals surface area contributed by atoms with Crippen molar-refractivity contribution < 1.29 is 22.7 Å². The minimum absolute atomic E-state index is 0.0366. The highest BCUT2D eigenvalue weighted by Gasteiger charge is 2.42. The molecule has 2 atom stereocenters. The maximum absolute atomic E-state index is 13.0. The molecule has 0 saturated carbocycles. The third-order valence-corrected chi connectivity index (χ3v) is 7.87. The molecule has 3 aliphatic rings. The minimum atomic E-state index is -3.84. The predicted octanol–water partition coefficient (Wildman–Crippen LogP) is 1.44. The summed E-state index contributed by atoms with van der Waals surface area (Å²) in [5, 5.41) is 9.14. The number of amidine groups is 2. The third kappa shape index (κ3) is 5.39. The van der Waals surface area contributed by atoms with Crippen molar-refractivity contribution in [2.24, 2.45) is 10.1 Å². The molecule has 0 aliphatic carbocycles. The number of hydrogen-bond donors (Lipinski definition) is 2. The predicted molar refractivity (Wildman–Crippen MR) is 135 cm³/mol. The lowest BCUT2D eigenvalue weighted by Crippen LogP contribution is -2.54. The van der Waals surface area contributed by atoms with Crippen molar-refractivity contribution in [3.63, 3.8) is 0 Å². The van der Waals surface area contributed by atoms with Gasteiger partial charge in [-0.05, 0) is 51.3 Å². The second kappa shape index (κ2) is 11.0. The van der Waals surface area contributed by atoms with Gasteiger partial charge in [-0.3, -0.25) is 14.6 Å². The van der Waals surface area contributed by atoms with Gasteiger partial charge in [0.25, 0.3) is 5.91 Å². The van der Waals surface area contributed by atoms with E-state index in [2.05, 4.69) is 20.1 Å². The summed E-state index contributed by atoms with van der Waals surface area (Å²) in [7, 11) is -3.84. The molecule has 1 aromatic carbocycles. The second-order valence-electron chi connectivity index (χ2n) is 9.09. The van der Waals surface area contributed by atoms with Gasteiger partial charge in [-0.1, -0.05) is 6.92 Å². The van der Waals surface area contributed by atoms with Crippen LogP contribution in [0.2, 0.25) is 0 Å². The number of sulfonamides is 1.